The van der Waals surface area contributed by atoms with Crippen molar-refractivity contribution in [2.75, 3.05) is 46.1 Å². The number of likely N-dealkylation sites (tertiary alicyclic amines) is 1. The topological polar surface area (TPSA) is 85.2 Å². The fourth-order valence-corrected chi connectivity index (χ4v) is 4.96. The lowest BCUT2D eigenvalue weighted by Gasteiger charge is -2.33. The number of carbonyl (C=O) groups is 1. The number of carbonyl (C=O) groups excluding carboxylic acids is 1. The van der Waals surface area contributed by atoms with E-state index in [-0.39, 0.29) is 5.91 Å². The molecule has 2 aromatic rings. The summed E-state index contributed by atoms with van der Waals surface area (Å²) >= 11 is 0. The van der Waals surface area contributed by atoms with Crippen molar-refractivity contribution in [2.45, 2.75) is 25.7 Å². The summed E-state index contributed by atoms with van der Waals surface area (Å²) in [5.74, 6) is 1.41. The summed E-state index contributed by atoms with van der Waals surface area (Å²) in [4.78, 5) is 25.0. The molecule has 1 aliphatic carbocycles. The highest BCUT2D eigenvalue weighted by Crippen LogP contribution is 2.32. The van der Waals surface area contributed by atoms with Gasteiger partial charge in [0.1, 0.15) is 11.9 Å². The van der Waals surface area contributed by atoms with Crippen LogP contribution in [0.15, 0.2) is 60.0 Å². The third-order valence-corrected chi connectivity index (χ3v) is 7.03. The average Bonchev–Trinajstić information content (AvgIpc) is 2.93. The number of nitrogens with zero attached hydrogens (tertiary/aromatic N) is 5. The second kappa shape index (κ2) is 11.8. The van der Waals surface area contributed by atoms with Crippen LogP contribution in [-0.4, -0.2) is 66.5 Å². The molecule has 0 atom stereocenters. The Bertz CT molecular complexity index is 1230. The summed E-state index contributed by atoms with van der Waals surface area (Å²) < 4.78 is 0. The van der Waals surface area contributed by atoms with Crippen LogP contribution in [0.1, 0.15) is 36.9 Å². The first-order valence-corrected chi connectivity index (χ1v) is 12.5. The number of nitrogens with one attached hydrogen (secondary N) is 1. The minimum atomic E-state index is 0.124. The van der Waals surface area contributed by atoms with Crippen molar-refractivity contribution in [2.24, 2.45) is 5.92 Å². The maximum Gasteiger partial charge on any atom is 0.249 e. The molecule has 1 N–H and O–H groups in total. The van der Waals surface area contributed by atoms with Crippen LogP contribution in [0.2, 0.25) is 0 Å². The molecule has 7 heteroatoms. The minimum Gasteiger partial charge on any atom is -0.373 e. The number of aromatic nitrogens is 2. The van der Waals surface area contributed by atoms with Crippen molar-refractivity contribution in [1.29, 1.82) is 5.26 Å². The predicted octanol–water partition coefficient (Wildman–Crippen LogP) is 4.52. The van der Waals surface area contributed by atoms with Gasteiger partial charge in [0.15, 0.2) is 5.69 Å². The van der Waals surface area contributed by atoms with E-state index in [0.29, 0.717) is 17.4 Å². The fraction of sp³-hybridized carbons (Fsp3) is 0.379. The maximum atomic E-state index is 12.2. The summed E-state index contributed by atoms with van der Waals surface area (Å²) in [6.45, 7) is 3.00. The van der Waals surface area contributed by atoms with Gasteiger partial charge in [-0.2, -0.15) is 5.26 Å². The molecule has 1 amide bonds. The first kappa shape index (κ1) is 25.3. The van der Waals surface area contributed by atoms with Crippen LogP contribution in [0.5, 0.6) is 0 Å². The SMILES string of the molecule is CNc1ccc(-c2ccncc2C=CCN2CCC(C3=CC=C(C(=O)N(C)C)CC3)CC2)c(C#N)n1. The number of rotatable bonds is 7. The van der Waals surface area contributed by atoms with Crippen molar-refractivity contribution in [3.63, 3.8) is 0 Å². The molecule has 1 fully saturated rings. The number of amides is 1. The molecular formula is C29H34N6O. The highest BCUT2D eigenvalue weighted by Gasteiger charge is 2.24. The van der Waals surface area contributed by atoms with Gasteiger partial charge in [0.2, 0.25) is 5.91 Å². The Kier molecular flexibility index (Phi) is 8.29. The Morgan fingerprint density at radius 3 is 2.67 bits per heavy atom. The van der Waals surface area contributed by atoms with E-state index >= 15 is 0 Å². The fourth-order valence-electron chi connectivity index (χ4n) is 4.96. The molecular weight excluding hydrogens is 448 g/mol. The quantitative estimate of drug-likeness (QED) is 0.625. The lowest BCUT2D eigenvalue weighted by atomic mass is 9.83. The molecule has 7 nitrogen and oxygen atoms in total. The van der Waals surface area contributed by atoms with Gasteiger partial charge in [0.05, 0.1) is 0 Å². The average molecular weight is 483 g/mol. The lowest BCUT2D eigenvalue weighted by molar-refractivity contribution is -0.124. The van der Waals surface area contributed by atoms with Crippen LogP contribution in [0.25, 0.3) is 17.2 Å². The monoisotopic (exact) mass is 482 g/mol. The van der Waals surface area contributed by atoms with Crippen molar-refractivity contribution in [1.82, 2.24) is 19.8 Å². The largest absolute Gasteiger partial charge is 0.373 e. The number of likely N-dealkylation sites (N-methyl/N-ethyl adjacent to an activating group) is 1. The van der Waals surface area contributed by atoms with Crippen LogP contribution in [0.4, 0.5) is 5.82 Å². The third kappa shape index (κ3) is 5.89. The summed E-state index contributed by atoms with van der Waals surface area (Å²) in [7, 11) is 5.41. The Morgan fingerprint density at radius 1 is 1.19 bits per heavy atom. The molecule has 0 unspecified atom stereocenters. The zero-order valence-corrected chi connectivity index (χ0v) is 21.4. The normalized spacial score (nSPS) is 16.8. The number of anilines is 1. The summed E-state index contributed by atoms with van der Waals surface area (Å²) in [6.07, 6.45) is 16.2. The second-order valence-corrected chi connectivity index (χ2v) is 9.53. The van der Waals surface area contributed by atoms with Crippen LogP contribution in [-0.2, 0) is 4.79 Å². The van der Waals surface area contributed by atoms with E-state index in [1.54, 1.807) is 18.1 Å². The highest BCUT2D eigenvalue weighted by molar-refractivity contribution is 5.93. The number of piperidine rings is 1. The van der Waals surface area contributed by atoms with Crippen molar-refractivity contribution in [3.05, 3.63) is 71.2 Å². The number of allylic oxidation sites excluding steroid dienone is 3. The second-order valence-electron chi connectivity index (χ2n) is 9.53. The molecule has 0 spiro atoms. The van der Waals surface area contributed by atoms with Gasteiger partial charge < -0.3 is 10.2 Å². The Morgan fingerprint density at radius 2 is 2.00 bits per heavy atom. The molecule has 1 saturated heterocycles. The minimum absolute atomic E-state index is 0.124. The molecule has 2 aliphatic rings. The zero-order chi connectivity index (χ0) is 25.5. The molecule has 0 saturated carbocycles. The number of pyridine rings is 2. The third-order valence-electron chi connectivity index (χ3n) is 7.03. The van der Waals surface area contributed by atoms with Gasteiger partial charge in [0, 0.05) is 56.8 Å². The lowest BCUT2D eigenvalue weighted by Crippen LogP contribution is -2.34. The molecule has 0 radical (unpaired) electrons. The van der Waals surface area contributed by atoms with Crippen LogP contribution < -0.4 is 5.32 Å². The molecule has 36 heavy (non-hydrogen) atoms. The van der Waals surface area contributed by atoms with Gasteiger partial charge in [-0.15, -0.1) is 0 Å². The molecule has 4 rings (SSSR count). The van der Waals surface area contributed by atoms with E-state index in [9.17, 15) is 10.1 Å². The first-order chi connectivity index (χ1) is 17.5. The van der Waals surface area contributed by atoms with E-state index < -0.39 is 0 Å². The van der Waals surface area contributed by atoms with E-state index in [0.717, 1.165) is 67.6 Å². The van der Waals surface area contributed by atoms with Gasteiger partial charge in [-0.25, -0.2) is 4.98 Å². The molecule has 0 bridgehead atoms. The van der Waals surface area contributed by atoms with Crippen molar-refractivity contribution >= 4 is 17.8 Å². The summed E-state index contributed by atoms with van der Waals surface area (Å²) in [5, 5.41) is 12.6. The van der Waals surface area contributed by atoms with E-state index in [2.05, 4.69) is 44.5 Å². The van der Waals surface area contributed by atoms with Crippen molar-refractivity contribution in [3.8, 4) is 17.2 Å². The molecule has 0 aromatic carbocycles. The van der Waals surface area contributed by atoms with Gasteiger partial charge in [-0.05, 0) is 68.5 Å². The number of hydrogen-bond acceptors (Lipinski definition) is 6. The van der Waals surface area contributed by atoms with Gasteiger partial charge >= 0.3 is 0 Å². The van der Waals surface area contributed by atoms with E-state index in [1.165, 1.54) is 5.57 Å². The Hall–Kier alpha value is -3.76. The van der Waals surface area contributed by atoms with E-state index in [1.807, 2.05) is 44.6 Å². The van der Waals surface area contributed by atoms with Crippen LogP contribution >= 0.6 is 0 Å². The van der Waals surface area contributed by atoms with Gasteiger partial charge in [-0.1, -0.05) is 29.9 Å². The van der Waals surface area contributed by atoms with Gasteiger partial charge in [-0.3, -0.25) is 14.7 Å². The smallest absolute Gasteiger partial charge is 0.249 e. The zero-order valence-electron chi connectivity index (χ0n) is 21.4. The Labute approximate surface area is 213 Å². The van der Waals surface area contributed by atoms with Crippen molar-refractivity contribution < 1.29 is 4.79 Å². The van der Waals surface area contributed by atoms with Gasteiger partial charge in [0.25, 0.3) is 0 Å². The summed E-state index contributed by atoms with van der Waals surface area (Å²) in [6, 6.07) is 7.97. The molecule has 1 aliphatic heterocycles. The van der Waals surface area contributed by atoms with Crippen LogP contribution in [0, 0.1) is 17.2 Å². The highest BCUT2D eigenvalue weighted by atomic mass is 16.2. The number of nitriles is 1. The standard InChI is InChI=1S/C29H34N6O/c1-31-28-11-10-26(27(19-30)33-28)25-12-15-32-20-24(25)5-4-16-35-17-13-22(14-18-35)21-6-8-23(9-7-21)29(36)34(2)3/h4-6,8,10-12,15,20,22H,7,9,13-14,16-18H2,1-3H3,(H,31,33). The molecule has 3 heterocycles. The molecule has 186 valence electrons. The first-order valence-electron chi connectivity index (χ1n) is 12.5. The Balaban J connectivity index is 1.36. The maximum absolute atomic E-state index is 12.2. The van der Waals surface area contributed by atoms with E-state index in [4.69, 9.17) is 0 Å². The molecule has 2 aromatic heterocycles. The predicted molar refractivity (Wildman–Crippen MR) is 144 cm³/mol. The van der Waals surface area contributed by atoms with Crippen LogP contribution in [0.3, 0.4) is 0 Å². The summed E-state index contributed by atoms with van der Waals surface area (Å²) in [5.41, 5.74) is 5.55. The number of hydrogen-bond donors (Lipinski definition) is 1.